The van der Waals surface area contributed by atoms with E-state index in [4.69, 9.17) is 9.37 Å². The third-order valence-corrected chi connectivity index (χ3v) is 4.48. The van der Waals surface area contributed by atoms with Gasteiger partial charge in [-0.3, -0.25) is 4.79 Å². The lowest BCUT2D eigenvalue weighted by atomic mass is 9.85. The van der Waals surface area contributed by atoms with Crippen LogP contribution in [0.25, 0.3) is 11.0 Å². The Hall–Kier alpha value is -2.15. The van der Waals surface area contributed by atoms with Crippen LogP contribution >= 0.6 is 0 Å². The van der Waals surface area contributed by atoms with Crippen LogP contribution in [0.2, 0.25) is 0 Å². The highest BCUT2D eigenvalue weighted by atomic mass is 16.6. The minimum absolute atomic E-state index is 0.0645. The topological polar surface area (TPSA) is 80.5 Å². The fourth-order valence-corrected chi connectivity index (χ4v) is 2.92. The van der Waals surface area contributed by atoms with Gasteiger partial charge in [-0.15, -0.1) is 0 Å². The van der Waals surface area contributed by atoms with E-state index in [0.717, 1.165) is 38.0 Å². The summed E-state index contributed by atoms with van der Waals surface area (Å²) in [6.45, 7) is 3.03. The lowest BCUT2D eigenvalue weighted by molar-refractivity contribution is -0.122. The van der Waals surface area contributed by atoms with Crippen LogP contribution in [0.3, 0.4) is 0 Å². The number of aromatic nitrogens is 2. The number of hydrogen-bond donors (Lipinski definition) is 1. The van der Waals surface area contributed by atoms with Gasteiger partial charge in [-0.2, -0.15) is 0 Å². The van der Waals surface area contributed by atoms with Crippen LogP contribution in [0, 0.1) is 5.92 Å². The Balaban J connectivity index is 1.63. The number of hydrogen-bond acceptors (Lipinski definition) is 6. The summed E-state index contributed by atoms with van der Waals surface area (Å²) in [7, 11) is 0. The molecule has 4 rings (SSSR count). The van der Waals surface area contributed by atoms with Crippen LogP contribution in [0.4, 0.5) is 11.4 Å². The van der Waals surface area contributed by atoms with Gasteiger partial charge in [0.25, 0.3) is 0 Å². The van der Waals surface area contributed by atoms with Crippen molar-refractivity contribution in [3.05, 3.63) is 12.1 Å². The first-order valence-corrected chi connectivity index (χ1v) is 7.72. The molecule has 1 saturated carbocycles. The molecule has 0 spiro atoms. The van der Waals surface area contributed by atoms with Crippen molar-refractivity contribution in [1.29, 1.82) is 0 Å². The molecule has 116 valence electrons. The van der Waals surface area contributed by atoms with Crippen molar-refractivity contribution in [3.8, 4) is 0 Å². The Bertz CT molecular complexity index is 689. The molecule has 1 aliphatic heterocycles. The first kappa shape index (κ1) is 13.5. The van der Waals surface area contributed by atoms with Crippen molar-refractivity contribution >= 4 is 28.3 Å². The summed E-state index contributed by atoms with van der Waals surface area (Å²) in [5, 5.41) is 11.0. The standard InChI is InChI=1S/C15H18N4O3/c20-15(10-2-1-3-10)16-11-4-5-12(14-13(11)17-22-18-14)19-6-8-21-9-7-19/h4-5,10H,1-3,6-9H2,(H,16,20). The van der Waals surface area contributed by atoms with Crippen LogP contribution in [0.5, 0.6) is 0 Å². The molecular weight excluding hydrogens is 284 g/mol. The Morgan fingerprint density at radius 2 is 1.95 bits per heavy atom. The average Bonchev–Trinajstić information content (AvgIpc) is 2.96. The van der Waals surface area contributed by atoms with E-state index in [-0.39, 0.29) is 11.8 Å². The molecule has 0 atom stereocenters. The molecule has 1 aromatic heterocycles. The van der Waals surface area contributed by atoms with Gasteiger partial charge >= 0.3 is 0 Å². The molecule has 7 nitrogen and oxygen atoms in total. The largest absolute Gasteiger partial charge is 0.378 e. The fraction of sp³-hybridized carbons (Fsp3) is 0.533. The molecule has 2 aliphatic rings. The Labute approximate surface area is 127 Å². The molecule has 1 amide bonds. The summed E-state index contributed by atoms with van der Waals surface area (Å²) in [6.07, 6.45) is 3.07. The molecule has 0 unspecified atom stereocenters. The minimum Gasteiger partial charge on any atom is -0.378 e. The van der Waals surface area contributed by atoms with E-state index in [1.54, 1.807) is 0 Å². The first-order valence-electron chi connectivity index (χ1n) is 7.72. The lowest BCUT2D eigenvalue weighted by Crippen LogP contribution is -2.36. The molecule has 1 saturated heterocycles. The van der Waals surface area contributed by atoms with E-state index in [0.29, 0.717) is 29.9 Å². The van der Waals surface area contributed by atoms with Gasteiger partial charge in [0, 0.05) is 19.0 Å². The molecule has 1 aromatic carbocycles. The van der Waals surface area contributed by atoms with Gasteiger partial charge in [-0.25, -0.2) is 4.63 Å². The van der Waals surface area contributed by atoms with Gasteiger partial charge in [-0.1, -0.05) is 6.42 Å². The predicted molar refractivity (Wildman–Crippen MR) is 80.8 cm³/mol. The number of carbonyl (C=O) groups is 1. The smallest absolute Gasteiger partial charge is 0.227 e. The van der Waals surface area contributed by atoms with Gasteiger partial charge in [0.2, 0.25) is 5.91 Å². The van der Waals surface area contributed by atoms with Crippen molar-refractivity contribution in [3.63, 3.8) is 0 Å². The van der Waals surface area contributed by atoms with Crippen LogP contribution in [-0.4, -0.2) is 42.5 Å². The van der Waals surface area contributed by atoms with E-state index in [9.17, 15) is 4.79 Å². The van der Waals surface area contributed by atoms with Crippen LogP contribution < -0.4 is 10.2 Å². The van der Waals surface area contributed by atoms with Gasteiger partial charge in [0.1, 0.15) is 0 Å². The number of benzene rings is 1. The third kappa shape index (κ3) is 2.31. The first-order chi connectivity index (χ1) is 10.8. The summed E-state index contributed by atoms with van der Waals surface area (Å²) in [6, 6.07) is 3.85. The van der Waals surface area contributed by atoms with E-state index in [1.807, 2.05) is 12.1 Å². The molecule has 7 heteroatoms. The number of amides is 1. The highest BCUT2D eigenvalue weighted by molar-refractivity contribution is 6.03. The second kappa shape index (κ2) is 5.57. The maximum absolute atomic E-state index is 12.1. The van der Waals surface area contributed by atoms with Gasteiger partial charge in [-0.05, 0) is 35.3 Å². The molecule has 2 fully saturated rings. The number of morpholine rings is 1. The van der Waals surface area contributed by atoms with Crippen molar-refractivity contribution in [2.75, 3.05) is 36.5 Å². The number of rotatable bonds is 3. The SMILES string of the molecule is O=C(Nc1ccc(N2CCOCC2)c2nonc12)C1CCC1. The van der Waals surface area contributed by atoms with Gasteiger partial charge in [0.15, 0.2) is 11.0 Å². The molecule has 0 radical (unpaired) electrons. The maximum atomic E-state index is 12.1. The minimum atomic E-state index is 0.0645. The highest BCUT2D eigenvalue weighted by Crippen LogP contribution is 2.32. The quantitative estimate of drug-likeness (QED) is 0.931. The van der Waals surface area contributed by atoms with Gasteiger partial charge < -0.3 is 15.0 Å². The number of anilines is 2. The molecule has 2 aromatic rings. The summed E-state index contributed by atoms with van der Waals surface area (Å²) in [5.74, 6) is 0.198. The second-order valence-electron chi connectivity index (χ2n) is 5.81. The highest BCUT2D eigenvalue weighted by Gasteiger charge is 2.26. The molecular formula is C15H18N4O3. The zero-order chi connectivity index (χ0) is 14.9. The summed E-state index contributed by atoms with van der Waals surface area (Å²) >= 11 is 0. The van der Waals surface area contributed by atoms with Crippen LogP contribution in [-0.2, 0) is 9.53 Å². The summed E-state index contributed by atoms with van der Waals surface area (Å²) < 4.78 is 10.3. The van der Waals surface area contributed by atoms with Crippen molar-refractivity contribution in [2.45, 2.75) is 19.3 Å². The number of nitrogens with zero attached hydrogens (tertiary/aromatic N) is 3. The Morgan fingerprint density at radius 1 is 1.18 bits per heavy atom. The molecule has 0 bridgehead atoms. The maximum Gasteiger partial charge on any atom is 0.227 e. The van der Waals surface area contributed by atoms with Crippen LogP contribution in [0.1, 0.15) is 19.3 Å². The van der Waals surface area contributed by atoms with Crippen molar-refractivity contribution in [2.24, 2.45) is 5.92 Å². The summed E-state index contributed by atoms with van der Waals surface area (Å²) in [5.41, 5.74) is 2.94. The average molecular weight is 302 g/mol. The Kier molecular flexibility index (Phi) is 3.42. The summed E-state index contributed by atoms with van der Waals surface area (Å²) in [4.78, 5) is 14.3. The molecule has 2 heterocycles. The third-order valence-electron chi connectivity index (χ3n) is 4.48. The Morgan fingerprint density at radius 3 is 2.68 bits per heavy atom. The van der Waals surface area contributed by atoms with Crippen molar-refractivity contribution < 1.29 is 14.2 Å². The number of ether oxygens (including phenoxy) is 1. The van der Waals surface area contributed by atoms with E-state index < -0.39 is 0 Å². The molecule has 1 N–H and O–H groups in total. The van der Waals surface area contributed by atoms with Crippen LogP contribution in [0.15, 0.2) is 16.8 Å². The monoisotopic (exact) mass is 302 g/mol. The zero-order valence-corrected chi connectivity index (χ0v) is 12.2. The second-order valence-corrected chi connectivity index (χ2v) is 5.81. The zero-order valence-electron chi connectivity index (χ0n) is 12.2. The number of carbonyl (C=O) groups excluding carboxylic acids is 1. The normalized spacial score (nSPS) is 19.2. The van der Waals surface area contributed by atoms with E-state index in [2.05, 4.69) is 20.5 Å². The van der Waals surface area contributed by atoms with Gasteiger partial charge in [0.05, 0.1) is 24.6 Å². The van der Waals surface area contributed by atoms with E-state index in [1.165, 1.54) is 0 Å². The molecule has 1 aliphatic carbocycles. The number of fused-ring (bicyclic) bond motifs is 1. The number of nitrogens with one attached hydrogen (secondary N) is 1. The predicted octanol–water partition coefficient (Wildman–Crippen LogP) is 1.80. The van der Waals surface area contributed by atoms with Crippen molar-refractivity contribution in [1.82, 2.24) is 10.3 Å². The lowest BCUT2D eigenvalue weighted by Gasteiger charge is -2.29. The molecule has 22 heavy (non-hydrogen) atoms. The fourth-order valence-electron chi connectivity index (χ4n) is 2.92. The van der Waals surface area contributed by atoms with E-state index >= 15 is 0 Å².